The van der Waals surface area contributed by atoms with Gasteiger partial charge in [0.05, 0.1) is 6.61 Å². The van der Waals surface area contributed by atoms with Crippen molar-refractivity contribution >= 4 is 5.78 Å². The molecule has 15 heavy (non-hydrogen) atoms. The smallest absolute Gasteiger partial charge is 0.163 e. The summed E-state index contributed by atoms with van der Waals surface area (Å²) in [7, 11) is 0. The Kier molecular flexibility index (Phi) is 4.99. The lowest BCUT2D eigenvalue weighted by atomic mass is 10.1. The number of hydrogen-bond donors (Lipinski definition) is 0. The van der Waals surface area contributed by atoms with Gasteiger partial charge >= 0.3 is 0 Å². The van der Waals surface area contributed by atoms with Gasteiger partial charge in [0.1, 0.15) is 6.10 Å². The summed E-state index contributed by atoms with van der Waals surface area (Å²) in [6.45, 7) is 10.3. The van der Waals surface area contributed by atoms with Crippen molar-refractivity contribution in [2.75, 3.05) is 19.7 Å². The largest absolute Gasteiger partial charge is 0.368 e. The Morgan fingerprint density at radius 3 is 3.00 bits per heavy atom. The molecule has 1 aliphatic rings. The molecule has 0 aromatic rings. The zero-order valence-corrected chi connectivity index (χ0v) is 9.74. The first kappa shape index (κ1) is 12.4. The van der Waals surface area contributed by atoms with Crippen LogP contribution in [0.5, 0.6) is 0 Å². The molecule has 1 atom stereocenters. The number of hydrogen-bond acceptors (Lipinski definition) is 3. The van der Waals surface area contributed by atoms with Crippen molar-refractivity contribution in [2.24, 2.45) is 0 Å². The molecule has 0 N–H and O–H groups in total. The highest BCUT2D eigenvalue weighted by Crippen LogP contribution is 2.11. The van der Waals surface area contributed by atoms with Crippen LogP contribution in [-0.4, -0.2) is 42.5 Å². The first-order valence-corrected chi connectivity index (χ1v) is 5.64. The highest BCUT2D eigenvalue weighted by atomic mass is 16.5. The number of morpholine rings is 1. The molecule has 3 heteroatoms. The van der Waals surface area contributed by atoms with Gasteiger partial charge in [-0.15, -0.1) is 6.58 Å². The maximum atomic E-state index is 11.7. The molecule has 1 unspecified atom stereocenters. The van der Waals surface area contributed by atoms with E-state index in [-0.39, 0.29) is 11.9 Å². The molecule has 0 bridgehead atoms. The minimum atomic E-state index is -0.221. The van der Waals surface area contributed by atoms with Gasteiger partial charge in [0, 0.05) is 25.6 Å². The van der Waals surface area contributed by atoms with E-state index < -0.39 is 0 Å². The van der Waals surface area contributed by atoms with Crippen molar-refractivity contribution < 1.29 is 9.53 Å². The Morgan fingerprint density at radius 1 is 1.67 bits per heavy atom. The summed E-state index contributed by atoms with van der Waals surface area (Å²) in [6.07, 6.45) is 2.86. The predicted octanol–water partition coefficient (Wildman–Crippen LogP) is 1.63. The number of allylic oxidation sites excluding steroid dienone is 1. The zero-order valence-electron chi connectivity index (χ0n) is 9.74. The van der Waals surface area contributed by atoms with Crippen molar-refractivity contribution in [2.45, 2.75) is 38.8 Å². The monoisotopic (exact) mass is 211 g/mol. The number of carbonyl (C=O) groups is 1. The van der Waals surface area contributed by atoms with Crippen molar-refractivity contribution in [1.29, 1.82) is 0 Å². The minimum Gasteiger partial charge on any atom is -0.368 e. The quantitative estimate of drug-likeness (QED) is 0.647. The second-order valence-corrected chi connectivity index (χ2v) is 4.24. The fraction of sp³-hybridized carbons (Fsp3) is 0.750. The van der Waals surface area contributed by atoms with E-state index in [1.807, 2.05) is 0 Å². The maximum absolute atomic E-state index is 11.7. The second kappa shape index (κ2) is 6.03. The Morgan fingerprint density at radius 2 is 2.40 bits per heavy atom. The van der Waals surface area contributed by atoms with Crippen LogP contribution in [-0.2, 0) is 9.53 Å². The van der Waals surface area contributed by atoms with Gasteiger partial charge < -0.3 is 4.74 Å². The predicted molar refractivity (Wildman–Crippen MR) is 60.9 cm³/mol. The Balaban J connectivity index is 2.41. The average molecular weight is 211 g/mol. The molecule has 1 aliphatic heterocycles. The van der Waals surface area contributed by atoms with Gasteiger partial charge in [-0.1, -0.05) is 6.08 Å². The van der Waals surface area contributed by atoms with Gasteiger partial charge in [-0.25, -0.2) is 0 Å². The van der Waals surface area contributed by atoms with Crippen molar-refractivity contribution in [3.05, 3.63) is 12.7 Å². The summed E-state index contributed by atoms with van der Waals surface area (Å²) >= 11 is 0. The molecular weight excluding hydrogens is 190 g/mol. The third kappa shape index (κ3) is 3.76. The highest BCUT2D eigenvalue weighted by Gasteiger charge is 2.26. The molecule has 0 aromatic carbocycles. The third-order valence-electron chi connectivity index (χ3n) is 2.78. The molecular formula is C12H21NO2. The number of ether oxygens (including phenoxy) is 1. The molecule has 0 aromatic heterocycles. The normalized spacial score (nSPS) is 23.0. The van der Waals surface area contributed by atoms with Gasteiger partial charge in [0.2, 0.25) is 0 Å². The zero-order chi connectivity index (χ0) is 11.3. The molecule has 0 saturated carbocycles. The lowest BCUT2D eigenvalue weighted by Crippen LogP contribution is -2.48. The van der Waals surface area contributed by atoms with Gasteiger partial charge in [0.15, 0.2) is 5.78 Å². The number of nitrogens with zero attached hydrogens (tertiary/aromatic N) is 1. The highest BCUT2D eigenvalue weighted by molar-refractivity contribution is 5.83. The molecule has 0 radical (unpaired) electrons. The topological polar surface area (TPSA) is 29.5 Å². The van der Waals surface area contributed by atoms with E-state index in [9.17, 15) is 4.79 Å². The summed E-state index contributed by atoms with van der Waals surface area (Å²) in [5, 5.41) is 0. The SMILES string of the molecule is C=CCCC(=O)C1CN(C(C)C)CCO1. The van der Waals surface area contributed by atoms with E-state index in [0.29, 0.717) is 19.1 Å². The maximum Gasteiger partial charge on any atom is 0.163 e. The fourth-order valence-electron chi connectivity index (χ4n) is 1.74. The van der Waals surface area contributed by atoms with Gasteiger partial charge in [-0.2, -0.15) is 0 Å². The number of Topliss-reactive ketones (excluding diaryl/α,β-unsaturated/α-hetero) is 1. The van der Waals surface area contributed by atoms with Crippen LogP contribution < -0.4 is 0 Å². The van der Waals surface area contributed by atoms with Crippen LogP contribution in [0.4, 0.5) is 0 Å². The fourth-order valence-corrected chi connectivity index (χ4v) is 1.74. The average Bonchev–Trinajstić information content (AvgIpc) is 2.26. The van der Waals surface area contributed by atoms with Gasteiger partial charge in [-0.3, -0.25) is 9.69 Å². The van der Waals surface area contributed by atoms with Crippen LogP contribution in [0, 0.1) is 0 Å². The Bertz CT molecular complexity index is 226. The number of rotatable bonds is 5. The summed E-state index contributed by atoms with van der Waals surface area (Å²) in [5.41, 5.74) is 0. The van der Waals surface area contributed by atoms with E-state index >= 15 is 0 Å². The van der Waals surface area contributed by atoms with E-state index in [2.05, 4.69) is 25.3 Å². The van der Waals surface area contributed by atoms with Crippen LogP contribution in [0.1, 0.15) is 26.7 Å². The van der Waals surface area contributed by atoms with Crippen LogP contribution in [0.3, 0.4) is 0 Å². The first-order chi connectivity index (χ1) is 7.15. The summed E-state index contributed by atoms with van der Waals surface area (Å²) < 4.78 is 5.49. The number of ketones is 1. The Labute approximate surface area is 92.1 Å². The Hall–Kier alpha value is -0.670. The van der Waals surface area contributed by atoms with Crippen molar-refractivity contribution in [3.63, 3.8) is 0 Å². The van der Waals surface area contributed by atoms with Crippen LogP contribution in [0.25, 0.3) is 0 Å². The lowest BCUT2D eigenvalue weighted by Gasteiger charge is -2.34. The third-order valence-corrected chi connectivity index (χ3v) is 2.78. The standard InChI is InChI=1S/C12H21NO2/c1-4-5-6-11(14)12-9-13(10(2)3)7-8-15-12/h4,10,12H,1,5-9H2,2-3H3. The minimum absolute atomic E-state index is 0.209. The van der Waals surface area contributed by atoms with Crippen LogP contribution >= 0.6 is 0 Å². The van der Waals surface area contributed by atoms with E-state index in [4.69, 9.17) is 4.74 Å². The van der Waals surface area contributed by atoms with Gasteiger partial charge in [0.25, 0.3) is 0 Å². The first-order valence-electron chi connectivity index (χ1n) is 5.64. The van der Waals surface area contributed by atoms with Crippen molar-refractivity contribution in [1.82, 2.24) is 4.90 Å². The van der Waals surface area contributed by atoms with E-state index in [1.54, 1.807) is 6.08 Å². The molecule has 0 amide bonds. The van der Waals surface area contributed by atoms with Gasteiger partial charge in [-0.05, 0) is 20.3 Å². The summed E-state index contributed by atoms with van der Waals surface area (Å²) in [4.78, 5) is 14.0. The number of carbonyl (C=O) groups excluding carboxylic acids is 1. The van der Waals surface area contributed by atoms with E-state index in [1.165, 1.54) is 0 Å². The van der Waals surface area contributed by atoms with E-state index in [0.717, 1.165) is 19.5 Å². The molecule has 86 valence electrons. The molecule has 1 heterocycles. The molecule has 1 rings (SSSR count). The van der Waals surface area contributed by atoms with Crippen LogP contribution in [0.2, 0.25) is 0 Å². The summed E-state index contributed by atoms with van der Waals surface area (Å²) in [6, 6.07) is 0.489. The molecule has 1 saturated heterocycles. The van der Waals surface area contributed by atoms with Crippen LogP contribution in [0.15, 0.2) is 12.7 Å². The van der Waals surface area contributed by atoms with Crippen molar-refractivity contribution in [3.8, 4) is 0 Å². The molecule has 3 nitrogen and oxygen atoms in total. The molecule has 0 aliphatic carbocycles. The lowest BCUT2D eigenvalue weighted by molar-refractivity contribution is -0.137. The second-order valence-electron chi connectivity index (χ2n) is 4.24. The summed E-state index contributed by atoms with van der Waals surface area (Å²) in [5.74, 6) is 0.209. The molecule has 0 spiro atoms. The molecule has 1 fully saturated rings.